The molecule has 1 saturated heterocycles. The lowest BCUT2D eigenvalue weighted by atomic mass is 9.95. The Hall–Kier alpha value is -0.730. The van der Waals surface area contributed by atoms with Crippen LogP contribution in [0.5, 0.6) is 0 Å². The van der Waals surface area contributed by atoms with Gasteiger partial charge < -0.3 is 10.6 Å². The summed E-state index contributed by atoms with van der Waals surface area (Å²) < 4.78 is 0. The van der Waals surface area contributed by atoms with Gasteiger partial charge in [-0.1, -0.05) is 6.92 Å². The highest BCUT2D eigenvalue weighted by molar-refractivity contribution is 5.78. The summed E-state index contributed by atoms with van der Waals surface area (Å²) in [7, 11) is 0. The van der Waals surface area contributed by atoms with Crippen LogP contribution in [0.1, 0.15) is 27.2 Å². The van der Waals surface area contributed by atoms with E-state index in [1.54, 1.807) is 0 Å². The summed E-state index contributed by atoms with van der Waals surface area (Å²) in [4.78, 5) is 10.8. The van der Waals surface area contributed by atoms with Crippen molar-refractivity contribution < 1.29 is 4.79 Å². The number of nitrogens with one attached hydrogen (secondary N) is 2. The summed E-state index contributed by atoms with van der Waals surface area (Å²) in [6.45, 7) is 6.12. The van der Waals surface area contributed by atoms with Crippen molar-refractivity contribution in [2.45, 2.75) is 38.8 Å². The van der Waals surface area contributed by atoms with Gasteiger partial charge in [0.2, 0.25) is 0 Å². The first-order valence-corrected chi connectivity index (χ1v) is 3.65. The van der Waals surface area contributed by atoms with Gasteiger partial charge in [0.1, 0.15) is 0 Å². The SMILES string of the molecule is CCC1NC(=O)NC1(C)C. The molecule has 3 heteroatoms. The number of carbonyl (C=O) groups excluding carboxylic acids is 1. The van der Waals surface area contributed by atoms with Crippen LogP contribution < -0.4 is 10.6 Å². The van der Waals surface area contributed by atoms with Gasteiger partial charge in [-0.15, -0.1) is 0 Å². The fraction of sp³-hybridized carbons (Fsp3) is 0.857. The van der Waals surface area contributed by atoms with E-state index in [9.17, 15) is 4.79 Å². The van der Waals surface area contributed by atoms with Gasteiger partial charge in [-0.3, -0.25) is 0 Å². The van der Waals surface area contributed by atoms with E-state index in [0.717, 1.165) is 6.42 Å². The molecule has 0 aromatic rings. The first kappa shape index (κ1) is 7.38. The molecule has 0 bridgehead atoms. The zero-order valence-electron chi connectivity index (χ0n) is 6.69. The predicted octanol–water partition coefficient (Wildman–Crippen LogP) is 0.856. The van der Waals surface area contributed by atoms with Crippen molar-refractivity contribution >= 4 is 6.03 Å². The van der Waals surface area contributed by atoms with Crippen molar-refractivity contribution in [3.63, 3.8) is 0 Å². The van der Waals surface area contributed by atoms with Crippen LogP contribution in [0.2, 0.25) is 0 Å². The second-order valence-corrected chi connectivity index (χ2v) is 3.28. The highest BCUT2D eigenvalue weighted by atomic mass is 16.2. The van der Waals surface area contributed by atoms with Crippen LogP contribution in [0.3, 0.4) is 0 Å². The van der Waals surface area contributed by atoms with Crippen LogP contribution in [0.4, 0.5) is 4.79 Å². The summed E-state index contributed by atoms with van der Waals surface area (Å²) in [6.07, 6.45) is 0.978. The summed E-state index contributed by atoms with van der Waals surface area (Å²) in [5.41, 5.74) is -0.0775. The molecule has 2 amide bonds. The number of urea groups is 1. The number of hydrogen-bond donors (Lipinski definition) is 2. The van der Waals surface area contributed by atoms with Gasteiger partial charge in [-0.25, -0.2) is 4.79 Å². The predicted molar refractivity (Wildman–Crippen MR) is 39.8 cm³/mol. The first-order valence-electron chi connectivity index (χ1n) is 3.65. The molecular weight excluding hydrogens is 128 g/mol. The van der Waals surface area contributed by atoms with Crippen molar-refractivity contribution in [3.8, 4) is 0 Å². The van der Waals surface area contributed by atoms with E-state index in [2.05, 4.69) is 17.6 Å². The molecule has 0 aromatic carbocycles. The van der Waals surface area contributed by atoms with E-state index in [-0.39, 0.29) is 17.6 Å². The van der Waals surface area contributed by atoms with Gasteiger partial charge in [0, 0.05) is 0 Å². The maximum atomic E-state index is 10.8. The topological polar surface area (TPSA) is 41.1 Å². The van der Waals surface area contributed by atoms with Crippen LogP contribution in [0.15, 0.2) is 0 Å². The average molecular weight is 142 g/mol. The zero-order chi connectivity index (χ0) is 7.78. The minimum absolute atomic E-state index is 0.0446. The smallest absolute Gasteiger partial charge is 0.315 e. The van der Waals surface area contributed by atoms with Crippen molar-refractivity contribution in [1.82, 2.24) is 10.6 Å². The molecule has 1 unspecified atom stereocenters. The van der Waals surface area contributed by atoms with Crippen LogP contribution in [0, 0.1) is 0 Å². The van der Waals surface area contributed by atoms with E-state index in [4.69, 9.17) is 0 Å². The second-order valence-electron chi connectivity index (χ2n) is 3.28. The van der Waals surface area contributed by atoms with Crippen molar-refractivity contribution in [2.75, 3.05) is 0 Å². The van der Waals surface area contributed by atoms with Gasteiger partial charge in [0.05, 0.1) is 11.6 Å². The van der Waals surface area contributed by atoms with Crippen LogP contribution in [0.25, 0.3) is 0 Å². The molecule has 0 aliphatic carbocycles. The normalized spacial score (nSPS) is 29.5. The molecule has 0 radical (unpaired) electrons. The lowest BCUT2D eigenvalue weighted by molar-refractivity contribution is 0.246. The minimum atomic E-state index is -0.0775. The maximum absolute atomic E-state index is 10.8. The zero-order valence-corrected chi connectivity index (χ0v) is 6.69. The summed E-state index contributed by atoms with van der Waals surface area (Å²) in [6, 6.07) is 0.233. The van der Waals surface area contributed by atoms with Crippen LogP contribution in [-0.2, 0) is 0 Å². The average Bonchev–Trinajstić information content (AvgIpc) is 2.04. The molecule has 0 saturated carbocycles. The molecule has 10 heavy (non-hydrogen) atoms. The van der Waals surface area contributed by atoms with E-state index < -0.39 is 0 Å². The molecule has 58 valence electrons. The fourth-order valence-electron chi connectivity index (χ4n) is 1.37. The van der Waals surface area contributed by atoms with E-state index in [0.29, 0.717) is 0 Å². The summed E-state index contributed by atoms with van der Waals surface area (Å²) in [5, 5.41) is 5.69. The molecule has 1 fully saturated rings. The number of amides is 2. The van der Waals surface area contributed by atoms with Gasteiger partial charge in [0.15, 0.2) is 0 Å². The van der Waals surface area contributed by atoms with Crippen LogP contribution >= 0.6 is 0 Å². The number of rotatable bonds is 1. The molecular formula is C7H14N2O. The Labute approximate surface area is 61.2 Å². The molecule has 0 aromatic heterocycles. The largest absolute Gasteiger partial charge is 0.333 e. The van der Waals surface area contributed by atoms with E-state index in [1.165, 1.54) is 0 Å². The number of carbonyl (C=O) groups is 1. The Morgan fingerprint density at radius 1 is 1.60 bits per heavy atom. The molecule has 1 aliphatic rings. The third kappa shape index (κ3) is 1.08. The molecule has 3 nitrogen and oxygen atoms in total. The molecule has 1 aliphatic heterocycles. The molecule has 0 spiro atoms. The molecule has 1 heterocycles. The van der Waals surface area contributed by atoms with Gasteiger partial charge in [-0.2, -0.15) is 0 Å². The molecule has 1 atom stereocenters. The summed E-state index contributed by atoms with van der Waals surface area (Å²) >= 11 is 0. The second kappa shape index (κ2) is 2.15. The monoisotopic (exact) mass is 142 g/mol. The van der Waals surface area contributed by atoms with E-state index >= 15 is 0 Å². The van der Waals surface area contributed by atoms with Crippen molar-refractivity contribution in [2.24, 2.45) is 0 Å². The fourth-order valence-corrected chi connectivity index (χ4v) is 1.37. The highest BCUT2D eigenvalue weighted by Crippen LogP contribution is 2.16. The number of hydrogen-bond acceptors (Lipinski definition) is 1. The first-order chi connectivity index (χ1) is 4.56. The van der Waals surface area contributed by atoms with Crippen molar-refractivity contribution in [1.29, 1.82) is 0 Å². The lowest BCUT2D eigenvalue weighted by Crippen LogP contribution is -2.43. The van der Waals surface area contributed by atoms with Gasteiger partial charge in [-0.05, 0) is 20.3 Å². The molecule has 2 N–H and O–H groups in total. The maximum Gasteiger partial charge on any atom is 0.315 e. The van der Waals surface area contributed by atoms with Gasteiger partial charge in [0.25, 0.3) is 0 Å². The standard InChI is InChI=1S/C7H14N2O/c1-4-5-7(2,3)9-6(10)8-5/h5H,4H2,1-3H3,(H2,8,9,10). The Bertz CT molecular complexity index is 154. The summed E-state index contributed by atoms with van der Waals surface area (Å²) in [5.74, 6) is 0. The lowest BCUT2D eigenvalue weighted by Gasteiger charge is -2.23. The minimum Gasteiger partial charge on any atom is -0.333 e. The Morgan fingerprint density at radius 2 is 2.20 bits per heavy atom. The molecule has 1 rings (SSSR count). The Balaban J connectivity index is 2.67. The third-order valence-corrected chi connectivity index (χ3v) is 2.02. The van der Waals surface area contributed by atoms with Crippen molar-refractivity contribution in [3.05, 3.63) is 0 Å². The quantitative estimate of drug-likeness (QED) is 0.560. The Kier molecular flexibility index (Phi) is 1.58. The van der Waals surface area contributed by atoms with E-state index in [1.807, 2.05) is 13.8 Å². The van der Waals surface area contributed by atoms with Crippen LogP contribution in [-0.4, -0.2) is 17.6 Å². The third-order valence-electron chi connectivity index (χ3n) is 2.02. The van der Waals surface area contributed by atoms with Gasteiger partial charge >= 0.3 is 6.03 Å². The Morgan fingerprint density at radius 3 is 2.40 bits per heavy atom. The highest BCUT2D eigenvalue weighted by Gasteiger charge is 2.36.